The molecule has 0 atom stereocenters. The third-order valence-corrected chi connectivity index (χ3v) is 2.60. The summed E-state index contributed by atoms with van der Waals surface area (Å²) in [5, 5.41) is 8.87. The smallest absolute Gasteiger partial charge is 0.269 e. The van der Waals surface area contributed by atoms with E-state index >= 15 is 0 Å². The zero-order valence-electron chi connectivity index (χ0n) is 10.3. The van der Waals surface area contributed by atoms with Gasteiger partial charge in [0.1, 0.15) is 17.4 Å². The molecule has 94 valence electrons. The Kier molecular flexibility index (Phi) is 3.53. The van der Waals surface area contributed by atoms with Crippen LogP contribution in [0.25, 0.3) is 11.4 Å². The lowest BCUT2D eigenvalue weighted by atomic mass is 10.2. The van der Waals surface area contributed by atoms with Crippen molar-refractivity contribution in [3.05, 3.63) is 52.4 Å². The van der Waals surface area contributed by atoms with Crippen LogP contribution in [0.3, 0.4) is 0 Å². The van der Waals surface area contributed by atoms with Crippen LogP contribution in [0.2, 0.25) is 0 Å². The number of aromatic nitrogens is 2. The zero-order valence-corrected chi connectivity index (χ0v) is 10.3. The van der Waals surface area contributed by atoms with Crippen molar-refractivity contribution in [2.24, 2.45) is 0 Å². The number of ketones is 1. The summed E-state index contributed by atoms with van der Waals surface area (Å²) in [6, 6.07) is 10.2. The Morgan fingerprint density at radius 2 is 2.16 bits per heavy atom. The summed E-state index contributed by atoms with van der Waals surface area (Å²) in [5.74, 6) is -0.158. The molecule has 0 aliphatic rings. The molecule has 2 aromatic heterocycles. The topological polar surface area (TPSA) is 75.8 Å². The van der Waals surface area contributed by atoms with E-state index in [0.29, 0.717) is 11.4 Å². The number of nitrogens with zero attached hydrogens (tertiary/aromatic N) is 3. The van der Waals surface area contributed by atoms with E-state index in [9.17, 15) is 9.59 Å². The number of carbonyl (C=O) groups excluding carboxylic acids is 1. The maximum absolute atomic E-state index is 12.1. The lowest BCUT2D eigenvalue weighted by molar-refractivity contribution is -0.117. The average Bonchev–Trinajstić information content (AvgIpc) is 2.41. The summed E-state index contributed by atoms with van der Waals surface area (Å²) in [4.78, 5) is 27.5. The van der Waals surface area contributed by atoms with E-state index < -0.39 is 5.56 Å². The molecule has 0 aromatic carbocycles. The highest BCUT2D eigenvalue weighted by molar-refractivity contribution is 5.76. The summed E-state index contributed by atoms with van der Waals surface area (Å²) in [5.41, 5.74) is 0.659. The van der Waals surface area contributed by atoms with Gasteiger partial charge in [-0.2, -0.15) is 5.26 Å². The Morgan fingerprint density at radius 3 is 2.74 bits per heavy atom. The Bertz CT molecular complexity index is 712. The molecule has 19 heavy (non-hydrogen) atoms. The fourth-order valence-electron chi connectivity index (χ4n) is 1.78. The maximum Gasteiger partial charge on any atom is 0.269 e. The van der Waals surface area contributed by atoms with E-state index in [0.717, 1.165) is 0 Å². The van der Waals surface area contributed by atoms with Gasteiger partial charge in [0.25, 0.3) is 5.56 Å². The minimum absolute atomic E-state index is 0.0148. The maximum atomic E-state index is 12.1. The molecular formula is C14H11N3O2. The van der Waals surface area contributed by atoms with Gasteiger partial charge in [-0.15, -0.1) is 0 Å². The molecular weight excluding hydrogens is 242 g/mol. The number of Topliss-reactive ketones (excluding diaryl/α,β-unsaturated/α-hetero) is 1. The van der Waals surface area contributed by atoms with E-state index in [2.05, 4.69) is 4.98 Å². The summed E-state index contributed by atoms with van der Waals surface area (Å²) >= 11 is 0. The predicted octanol–water partition coefficient (Wildman–Crippen LogP) is 1.37. The molecule has 0 N–H and O–H groups in total. The average molecular weight is 253 g/mol. The van der Waals surface area contributed by atoms with E-state index in [-0.39, 0.29) is 17.9 Å². The van der Waals surface area contributed by atoms with Crippen molar-refractivity contribution in [1.82, 2.24) is 9.55 Å². The Morgan fingerprint density at radius 1 is 1.37 bits per heavy atom. The number of hydrogen-bond donors (Lipinski definition) is 0. The van der Waals surface area contributed by atoms with E-state index in [4.69, 9.17) is 5.26 Å². The molecule has 0 aliphatic heterocycles. The quantitative estimate of drug-likeness (QED) is 0.827. The molecule has 5 heteroatoms. The molecule has 2 heterocycles. The Labute approximate surface area is 109 Å². The minimum atomic E-state index is -0.471. The molecule has 0 amide bonds. The molecule has 0 bridgehead atoms. The SMILES string of the molecule is CC(=O)Cn1c(-c2ccccn2)ccc(C#N)c1=O. The van der Waals surface area contributed by atoms with Crippen molar-refractivity contribution in [2.45, 2.75) is 13.5 Å². The first kappa shape index (κ1) is 12.7. The first-order valence-electron chi connectivity index (χ1n) is 5.68. The predicted molar refractivity (Wildman–Crippen MR) is 69.3 cm³/mol. The van der Waals surface area contributed by atoms with Crippen LogP contribution < -0.4 is 5.56 Å². The van der Waals surface area contributed by atoms with Crippen LogP contribution in [0.5, 0.6) is 0 Å². The van der Waals surface area contributed by atoms with Crippen LogP contribution in [0, 0.1) is 11.3 Å². The molecule has 0 aliphatic carbocycles. The van der Waals surface area contributed by atoms with Crippen LogP contribution in [-0.4, -0.2) is 15.3 Å². The van der Waals surface area contributed by atoms with Gasteiger partial charge in [0, 0.05) is 6.20 Å². The van der Waals surface area contributed by atoms with Crippen LogP contribution in [0.1, 0.15) is 12.5 Å². The fraction of sp³-hybridized carbons (Fsp3) is 0.143. The molecule has 0 spiro atoms. The van der Waals surface area contributed by atoms with Crippen molar-refractivity contribution in [3.8, 4) is 17.5 Å². The van der Waals surface area contributed by atoms with Crippen LogP contribution in [0.4, 0.5) is 0 Å². The summed E-state index contributed by atoms with van der Waals surface area (Å²) in [6.45, 7) is 1.33. The lowest BCUT2D eigenvalue weighted by Gasteiger charge is -2.11. The fourth-order valence-corrected chi connectivity index (χ4v) is 1.78. The first-order chi connectivity index (χ1) is 9.13. The summed E-state index contributed by atoms with van der Waals surface area (Å²) < 4.78 is 1.28. The number of pyridine rings is 2. The third kappa shape index (κ3) is 2.58. The monoisotopic (exact) mass is 253 g/mol. The van der Waals surface area contributed by atoms with E-state index in [1.807, 2.05) is 6.07 Å². The number of rotatable bonds is 3. The van der Waals surface area contributed by atoms with Crippen molar-refractivity contribution in [1.29, 1.82) is 5.26 Å². The zero-order chi connectivity index (χ0) is 13.8. The molecule has 5 nitrogen and oxygen atoms in total. The highest BCUT2D eigenvalue weighted by Crippen LogP contribution is 2.15. The largest absolute Gasteiger partial charge is 0.298 e. The summed E-state index contributed by atoms with van der Waals surface area (Å²) in [7, 11) is 0. The molecule has 0 fully saturated rings. The van der Waals surface area contributed by atoms with E-state index in [1.54, 1.807) is 30.5 Å². The highest BCUT2D eigenvalue weighted by atomic mass is 16.1. The second kappa shape index (κ2) is 5.27. The van der Waals surface area contributed by atoms with Crippen molar-refractivity contribution in [2.75, 3.05) is 0 Å². The number of carbonyl (C=O) groups is 1. The standard InChI is InChI=1S/C14H11N3O2/c1-10(18)9-17-13(12-4-2-3-7-16-12)6-5-11(8-15)14(17)19/h2-7H,9H2,1H3. The van der Waals surface area contributed by atoms with Gasteiger partial charge in [-0.3, -0.25) is 19.1 Å². The second-order valence-electron chi connectivity index (χ2n) is 4.05. The molecule has 0 radical (unpaired) electrons. The first-order valence-corrected chi connectivity index (χ1v) is 5.68. The molecule has 0 unspecified atom stereocenters. The van der Waals surface area contributed by atoms with Gasteiger partial charge < -0.3 is 0 Å². The second-order valence-corrected chi connectivity index (χ2v) is 4.05. The van der Waals surface area contributed by atoms with Gasteiger partial charge >= 0.3 is 0 Å². The third-order valence-electron chi connectivity index (χ3n) is 2.60. The van der Waals surface area contributed by atoms with Gasteiger partial charge in [0.05, 0.1) is 17.9 Å². The van der Waals surface area contributed by atoms with Crippen molar-refractivity contribution < 1.29 is 4.79 Å². The van der Waals surface area contributed by atoms with Gasteiger partial charge in [-0.1, -0.05) is 6.07 Å². The lowest BCUT2D eigenvalue weighted by Crippen LogP contribution is -2.26. The molecule has 2 rings (SSSR count). The van der Waals surface area contributed by atoms with Gasteiger partial charge in [-0.25, -0.2) is 0 Å². The van der Waals surface area contributed by atoms with Crippen LogP contribution in [0.15, 0.2) is 41.3 Å². The van der Waals surface area contributed by atoms with Crippen LogP contribution >= 0.6 is 0 Å². The van der Waals surface area contributed by atoms with Crippen molar-refractivity contribution >= 4 is 5.78 Å². The minimum Gasteiger partial charge on any atom is -0.298 e. The van der Waals surface area contributed by atoms with Crippen LogP contribution in [-0.2, 0) is 11.3 Å². The van der Waals surface area contributed by atoms with Gasteiger partial charge in [0.2, 0.25) is 0 Å². The Balaban J connectivity index is 2.68. The molecule has 2 aromatic rings. The highest BCUT2D eigenvalue weighted by Gasteiger charge is 2.12. The van der Waals surface area contributed by atoms with Crippen molar-refractivity contribution in [3.63, 3.8) is 0 Å². The normalized spacial score (nSPS) is 9.89. The molecule has 0 saturated carbocycles. The van der Waals surface area contributed by atoms with Gasteiger partial charge in [0.15, 0.2) is 0 Å². The van der Waals surface area contributed by atoms with E-state index in [1.165, 1.54) is 17.6 Å². The summed E-state index contributed by atoms with van der Waals surface area (Å²) in [6.07, 6.45) is 1.61. The molecule has 0 saturated heterocycles. The van der Waals surface area contributed by atoms with Gasteiger partial charge in [-0.05, 0) is 31.2 Å². The number of hydrogen-bond acceptors (Lipinski definition) is 4. The Hall–Kier alpha value is -2.74. The number of nitriles is 1.